The summed E-state index contributed by atoms with van der Waals surface area (Å²) in [6.07, 6.45) is -2.59. The minimum atomic E-state index is -4.61. The molecule has 0 radical (unpaired) electrons. The number of nitrogens with zero attached hydrogens (tertiary/aromatic N) is 3. The summed E-state index contributed by atoms with van der Waals surface area (Å²) in [7, 11) is -4.28. The molecule has 1 aromatic heterocycles. The quantitative estimate of drug-likeness (QED) is 0.876. The van der Waals surface area contributed by atoms with Gasteiger partial charge in [0.05, 0.1) is 12.4 Å². The smallest absolute Gasteiger partial charge is 0.368 e. The number of halogens is 3. The lowest BCUT2D eigenvalue weighted by molar-refractivity contribution is -0.136. The lowest BCUT2D eigenvalue weighted by Gasteiger charge is -2.22. The van der Waals surface area contributed by atoms with Gasteiger partial charge in [0.2, 0.25) is 16.0 Å². The molecule has 0 saturated heterocycles. The van der Waals surface area contributed by atoms with Gasteiger partial charge in [-0.25, -0.2) is 18.4 Å². The van der Waals surface area contributed by atoms with Gasteiger partial charge in [0, 0.05) is 6.54 Å². The maximum absolute atomic E-state index is 12.4. The van der Waals surface area contributed by atoms with E-state index in [1.807, 2.05) is 0 Å². The van der Waals surface area contributed by atoms with Gasteiger partial charge in [0.15, 0.2) is 0 Å². The van der Waals surface area contributed by atoms with Crippen molar-refractivity contribution in [1.82, 2.24) is 14.3 Å². The summed E-state index contributed by atoms with van der Waals surface area (Å²) < 4.78 is 61.5. The molecule has 108 valence electrons. The molecule has 1 rings (SSSR count). The number of hydrogen-bond donors (Lipinski definition) is 1. The molecular weight excluding hydrogens is 285 g/mol. The van der Waals surface area contributed by atoms with Gasteiger partial charge in [-0.15, -0.1) is 0 Å². The molecule has 1 heterocycles. The summed E-state index contributed by atoms with van der Waals surface area (Å²) in [6.45, 7) is -0.210. The molecule has 0 amide bonds. The van der Waals surface area contributed by atoms with Crippen LogP contribution < -0.4 is 5.73 Å². The van der Waals surface area contributed by atoms with Crippen LogP contribution in [0, 0.1) is 0 Å². The Labute approximate surface area is 108 Å². The zero-order valence-electron chi connectivity index (χ0n) is 10.1. The van der Waals surface area contributed by atoms with Crippen LogP contribution in [0.4, 0.5) is 19.1 Å². The molecule has 0 aromatic carbocycles. The van der Waals surface area contributed by atoms with Crippen molar-refractivity contribution < 1.29 is 21.6 Å². The molecule has 0 aliphatic heterocycles. The third-order valence-corrected chi connectivity index (χ3v) is 3.91. The molecule has 0 atom stereocenters. The Morgan fingerprint density at radius 3 is 2.26 bits per heavy atom. The molecule has 0 spiro atoms. The first-order chi connectivity index (χ1) is 8.66. The molecule has 2 N–H and O–H groups in total. The second-order valence-electron chi connectivity index (χ2n) is 3.73. The Morgan fingerprint density at radius 2 is 1.84 bits per heavy atom. The number of alkyl halides is 3. The Kier molecular flexibility index (Phi) is 4.69. The van der Waals surface area contributed by atoms with E-state index >= 15 is 0 Å². The minimum absolute atomic E-state index is 0.156. The standard InChI is InChI=1S/C9H13F3N4O2S/c1-2-3-16(6-9(10,11)12)19(17,18)7-4-14-8(13)15-5-7/h4-5H,2-3,6H2,1H3,(H2,13,14,15). The lowest BCUT2D eigenvalue weighted by Crippen LogP contribution is -2.39. The monoisotopic (exact) mass is 298 g/mol. The van der Waals surface area contributed by atoms with Crippen LogP contribution in [-0.2, 0) is 10.0 Å². The maximum Gasteiger partial charge on any atom is 0.402 e. The summed E-state index contributed by atoms with van der Waals surface area (Å²) in [5.74, 6) is -0.156. The predicted octanol–water partition coefficient (Wildman–Crippen LogP) is 1.02. The largest absolute Gasteiger partial charge is 0.402 e. The van der Waals surface area contributed by atoms with E-state index in [0.717, 1.165) is 12.4 Å². The third-order valence-electron chi connectivity index (χ3n) is 2.11. The predicted molar refractivity (Wildman–Crippen MR) is 61.5 cm³/mol. The Balaban J connectivity index is 3.09. The molecule has 0 fully saturated rings. The Hall–Kier alpha value is -1.42. The van der Waals surface area contributed by atoms with E-state index < -0.39 is 27.6 Å². The van der Waals surface area contributed by atoms with Crippen LogP contribution in [0.25, 0.3) is 0 Å². The summed E-state index contributed by atoms with van der Waals surface area (Å²) in [4.78, 5) is 6.51. The van der Waals surface area contributed by atoms with Crippen molar-refractivity contribution in [2.24, 2.45) is 0 Å². The van der Waals surface area contributed by atoms with Crippen molar-refractivity contribution in [3.05, 3.63) is 12.4 Å². The zero-order valence-corrected chi connectivity index (χ0v) is 10.9. The topological polar surface area (TPSA) is 89.2 Å². The molecule has 0 bridgehead atoms. The summed E-state index contributed by atoms with van der Waals surface area (Å²) in [6, 6.07) is 0. The van der Waals surface area contributed by atoms with Gasteiger partial charge >= 0.3 is 6.18 Å². The van der Waals surface area contributed by atoms with Crippen LogP contribution in [0.15, 0.2) is 17.3 Å². The Bertz CT molecular complexity index is 515. The van der Waals surface area contributed by atoms with Gasteiger partial charge in [0.25, 0.3) is 0 Å². The van der Waals surface area contributed by atoms with Crippen LogP contribution in [0.3, 0.4) is 0 Å². The summed E-state index contributed by atoms with van der Waals surface area (Å²) >= 11 is 0. The maximum atomic E-state index is 12.4. The van der Waals surface area contributed by atoms with E-state index in [9.17, 15) is 21.6 Å². The third kappa shape index (κ3) is 4.31. The van der Waals surface area contributed by atoms with Gasteiger partial charge in [-0.05, 0) is 6.42 Å². The first-order valence-corrected chi connectivity index (χ1v) is 6.75. The van der Waals surface area contributed by atoms with Gasteiger partial charge in [-0.3, -0.25) is 0 Å². The second-order valence-corrected chi connectivity index (χ2v) is 5.67. The minimum Gasteiger partial charge on any atom is -0.368 e. The van der Waals surface area contributed by atoms with Crippen LogP contribution >= 0.6 is 0 Å². The van der Waals surface area contributed by atoms with E-state index in [1.165, 1.54) is 0 Å². The summed E-state index contributed by atoms with van der Waals surface area (Å²) in [5.41, 5.74) is 5.20. The van der Waals surface area contributed by atoms with Gasteiger partial charge in [-0.1, -0.05) is 6.92 Å². The fourth-order valence-electron chi connectivity index (χ4n) is 1.34. The van der Waals surface area contributed by atoms with Crippen molar-refractivity contribution in [2.75, 3.05) is 18.8 Å². The average Bonchev–Trinajstić information content (AvgIpc) is 2.27. The molecular formula is C9H13F3N4O2S. The number of aromatic nitrogens is 2. The molecule has 6 nitrogen and oxygen atoms in total. The normalized spacial score (nSPS) is 12.9. The second kappa shape index (κ2) is 5.70. The Morgan fingerprint density at radius 1 is 1.32 bits per heavy atom. The number of anilines is 1. The molecule has 10 heteroatoms. The van der Waals surface area contributed by atoms with E-state index in [2.05, 4.69) is 9.97 Å². The number of hydrogen-bond acceptors (Lipinski definition) is 5. The van der Waals surface area contributed by atoms with Crippen LogP contribution in [0.1, 0.15) is 13.3 Å². The van der Waals surface area contributed by atoms with Crippen molar-refractivity contribution in [3.63, 3.8) is 0 Å². The van der Waals surface area contributed by atoms with E-state index in [1.54, 1.807) is 6.92 Å². The van der Waals surface area contributed by atoms with Gasteiger partial charge in [0.1, 0.15) is 11.4 Å². The summed E-state index contributed by atoms with van der Waals surface area (Å²) in [5, 5.41) is 0. The zero-order chi connectivity index (χ0) is 14.7. The number of sulfonamides is 1. The van der Waals surface area contributed by atoms with Gasteiger partial charge < -0.3 is 5.73 Å². The number of rotatable bonds is 5. The molecule has 0 aliphatic carbocycles. The van der Waals surface area contributed by atoms with E-state index in [-0.39, 0.29) is 18.9 Å². The van der Waals surface area contributed by atoms with Crippen LogP contribution in [0.5, 0.6) is 0 Å². The highest BCUT2D eigenvalue weighted by Gasteiger charge is 2.36. The fraction of sp³-hybridized carbons (Fsp3) is 0.556. The highest BCUT2D eigenvalue weighted by Crippen LogP contribution is 2.22. The van der Waals surface area contributed by atoms with E-state index in [4.69, 9.17) is 5.73 Å². The van der Waals surface area contributed by atoms with Gasteiger partial charge in [-0.2, -0.15) is 17.5 Å². The van der Waals surface area contributed by atoms with Crippen molar-refractivity contribution in [3.8, 4) is 0 Å². The molecule has 0 unspecified atom stereocenters. The average molecular weight is 298 g/mol. The molecule has 0 aliphatic rings. The first kappa shape index (κ1) is 15.6. The molecule has 0 saturated carbocycles. The highest BCUT2D eigenvalue weighted by atomic mass is 32.2. The van der Waals surface area contributed by atoms with Crippen molar-refractivity contribution >= 4 is 16.0 Å². The molecule has 19 heavy (non-hydrogen) atoms. The van der Waals surface area contributed by atoms with Crippen molar-refractivity contribution in [1.29, 1.82) is 0 Å². The number of nitrogen functional groups attached to an aromatic ring is 1. The lowest BCUT2D eigenvalue weighted by atomic mass is 10.5. The molecule has 1 aromatic rings. The highest BCUT2D eigenvalue weighted by molar-refractivity contribution is 7.89. The van der Waals surface area contributed by atoms with Crippen LogP contribution in [0.2, 0.25) is 0 Å². The van der Waals surface area contributed by atoms with Crippen LogP contribution in [-0.4, -0.2) is 42.0 Å². The number of nitrogens with two attached hydrogens (primary N) is 1. The van der Waals surface area contributed by atoms with E-state index in [0.29, 0.717) is 4.31 Å². The fourth-order valence-corrected chi connectivity index (χ4v) is 2.75. The first-order valence-electron chi connectivity index (χ1n) is 5.31. The van der Waals surface area contributed by atoms with Crippen molar-refractivity contribution in [2.45, 2.75) is 24.4 Å². The SMILES string of the molecule is CCCN(CC(F)(F)F)S(=O)(=O)c1cnc(N)nc1.